The normalized spacial score (nSPS) is 12.6. The number of nitrogens with one attached hydrogen (secondary N) is 1. The van der Waals surface area contributed by atoms with E-state index in [4.69, 9.17) is 9.15 Å². The van der Waals surface area contributed by atoms with Crippen LogP contribution in [-0.2, 0) is 11.3 Å². The molecule has 2 rings (SSSR count). The molecule has 1 unspecified atom stereocenters. The Morgan fingerprint density at radius 1 is 1.30 bits per heavy atom. The van der Waals surface area contributed by atoms with Crippen LogP contribution in [0, 0.1) is 10.5 Å². The van der Waals surface area contributed by atoms with E-state index in [-0.39, 0.29) is 6.04 Å². The van der Waals surface area contributed by atoms with E-state index < -0.39 is 0 Å². The first-order valence-electron chi connectivity index (χ1n) is 6.73. The number of halogens is 1. The van der Waals surface area contributed by atoms with Crippen molar-refractivity contribution in [1.82, 2.24) is 5.32 Å². The van der Waals surface area contributed by atoms with Crippen molar-refractivity contribution in [1.29, 1.82) is 0 Å². The van der Waals surface area contributed by atoms with E-state index in [0.717, 1.165) is 18.1 Å². The van der Waals surface area contributed by atoms with Gasteiger partial charge in [0.05, 0.1) is 6.04 Å². The molecule has 1 N–H and O–H groups in total. The second kappa shape index (κ2) is 7.24. The number of aryl methyl sites for hydroxylation is 1. The van der Waals surface area contributed by atoms with Crippen molar-refractivity contribution in [2.45, 2.75) is 26.5 Å². The lowest BCUT2D eigenvalue weighted by atomic mass is 10.0. The van der Waals surface area contributed by atoms with Crippen LogP contribution in [-0.4, -0.2) is 13.7 Å². The maximum atomic E-state index is 5.90. The van der Waals surface area contributed by atoms with Gasteiger partial charge in [-0.25, -0.2) is 0 Å². The number of methoxy groups -OCH3 is 1. The molecule has 0 amide bonds. The minimum absolute atomic E-state index is 0.0809. The molecule has 0 aliphatic rings. The summed E-state index contributed by atoms with van der Waals surface area (Å²) in [6, 6.07) is 10.5. The zero-order valence-electron chi connectivity index (χ0n) is 12.1. The Bertz CT molecular complexity index is 565. The monoisotopic (exact) mass is 385 g/mol. The lowest BCUT2D eigenvalue weighted by molar-refractivity contribution is 0.162. The minimum Gasteiger partial charge on any atom is -0.462 e. The Morgan fingerprint density at radius 2 is 2.10 bits per heavy atom. The van der Waals surface area contributed by atoms with Gasteiger partial charge >= 0.3 is 0 Å². The second-order valence-electron chi connectivity index (χ2n) is 4.71. The quantitative estimate of drug-likeness (QED) is 0.763. The number of hydrogen-bond acceptors (Lipinski definition) is 3. The topological polar surface area (TPSA) is 34.4 Å². The molecule has 1 atom stereocenters. The largest absolute Gasteiger partial charge is 0.462 e. The highest BCUT2D eigenvalue weighted by Crippen LogP contribution is 2.29. The maximum Gasteiger partial charge on any atom is 0.129 e. The smallest absolute Gasteiger partial charge is 0.129 e. The average molecular weight is 385 g/mol. The van der Waals surface area contributed by atoms with Crippen molar-refractivity contribution in [2.24, 2.45) is 0 Å². The van der Waals surface area contributed by atoms with Crippen LogP contribution in [0.5, 0.6) is 0 Å². The molecule has 1 aromatic heterocycles. The summed E-state index contributed by atoms with van der Waals surface area (Å²) in [6.07, 6.45) is 0. The highest BCUT2D eigenvalue weighted by Gasteiger charge is 2.20. The SMILES string of the molecule is CCNC(c1ccc(COC)o1)c1cccc(C)c1I. The van der Waals surface area contributed by atoms with Crippen LogP contribution in [0.2, 0.25) is 0 Å². The zero-order chi connectivity index (χ0) is 14.5. The summed E-state index contributed by atoms with van der Waals surface area (Å²) in [7, 11) is 1.67. The van der Waals surface area contributed by atoms with E-state index in [0.29, 0.717) is 6.61 Å². The van der Waals surface area contributed by atoms with E-state index >= 15 is 0 Å². The summed E-state index contributed by atoms with van der Waals surface area (Å²) >= 11 is 2.40. The van der Waals surface area contributed by atoms with E-state index in [9.17, 15) is 0 Å². The average Bonchev–Trinajstić information content (AvgIpc) is 2.88. The van der Waals surface area contributed by atoms with Gasteiger partial charge < -0.3 is 14.5 Å². The van der Waals surface area contributed by atoms with Gasteiger partial charge in [-0.2, -0.15) is 0 Å². The number of rotatable bonds is 6. The van der Waals surface area contributed by atoms with Crippen molar-refractivity contribution in [3.8, 4) is 0 Å². The Kier molecular flexibility index (Phi) is 5.63. The van der Waals surface area contributed by atoms with Crippen LogP contribution >= 0.6 is 22.6 Å². The molecule has 20 heavy (non-hydrogen) atoms. The van der Waals surface area contributed by atoms with Gasteiger partial charge in [-0.05, 0) is 59.3 Å². The molecule has 2 aromatic rings. The van der Waals surface area contributed by atoms with Crippen molar-refractivity contribution in [3.05, 3.63) is 56.5 Å². The van der Waals surface area contributed by atoms with Gasteiger partial charge in [0.25, 0.3) is 0 Å². The first kappa shape index (κ1) is 15.5. The third-order valence-electron chi connectivity index (χ3n) is 3.19. The fourth-order valence-electron chi connectivity index (χ4n) is 2.23. The predicted octanol–water partition coefficient (Wildman–Crippen LogP) is 4.04. The first-order chi connectivity index (χ1) is 9.67. The predicted molar refractivity (Wildman–Crippen MR) is 88.8 cm³/mol. The summed E-state index contributed by atoms with van der Waals surface area (Å²) < 4.78 is 12.3. The summed E-state index contributed by atoms with van der Waals surface area (Å²) in [5.41, 5.74) is 2.54. The summed E-state index contributed by atoms with van der Waals surface area (Å²) in [5, 5.41) is 3.50. The number of benzene rings is 1. The summed E-state index contributed by atoms with van der Waals surface area (Å²) in [4.78, 5) is 0. The van der Waals surface area contributed by atoms with Gasteiger partial charge in [-0.15, -0.1) is 0 Å². The molecule has 0 radical (unpaired) electrons. The molecule has 108 valence electrons. The van der Waals surface area contributed by atoms with Crippen LogP contribution in [0.3, 0.4) is 0 Å². The number of hydrogen-bond donors (Lipinski definition) is 1. The van der Waals surface area contributed by atoms with Crippen molar-refractivity contribution < 1.29 is 9.15 Å². The van der Waals surface area contributed by atoms with Crippen molar-refractivity contribution in [2.75, 3.05) is 13.7 Å². The van der Waals surface area contributed by atoms with E-state index in [1.165, 1.54) is 14.7 Å². The van der Waals surface area contributed by atoms with Gasteiger partial charge in [-0.3, -0.25) is 0 Å². The molecule has 0 bridgehead atoms. The standard InChI is InChI=1S/C16H20INO2/c1-4-18-16(13-7-5-6-11(2)15(13)17)14-9-8-12(20-14)10-19-3/h5-9,16,18H,4,10H2,1-3H3. The van der Waals surface area contributed by atoms with Crippen LogP contribution in [0.15, 0.2) is 34.7 Å². The molecule has 1 aromatic carbocycles. The molecule has 0 spiro atoms. The van der Waals surface area contributed by atoms with Gasteiger partial charge in [0.15, 0.2) is 0 Å². The van der Waals surface area contributed by atoms with Crippen LogP contribution in [0.1, 0.15) is 35.6 Å². The molecule has 0 aliphatic carbocycles. The molecule has 0 aliphatic heterocycles. The highest BCUT2D eigenvalue weighted by atomic mass is 127. The summed E-state index contributed by atoms with van der Waals surface area (Å²) in [5.74, 6) is 1.79. The van der Waals surface area contributed by atoms with Crippen molar-refractivity contribution >= 4 is 22.6 Å². The van der Waals surface area contributed by atoms with Crippen LogP contribution in [0.25, 0.3) is 0 Å². The Labute approximate surface area is 133 Å². The Balaban J connectivity index is 2.36. The van der Waals surface area contributed by atoms with Gasteiger partial charge in [0, 0.05) is 10.7 Å². The molecular formula is C16H20INO2. The van der Waals surface area contributed by atoms with Crippen molar-refractivity contribution in [3.63, 3.8) is 0 Å². The lowest BCUT2D eigenvalue weighted by Crippen LogP contribution is -2.22. The van der Waals surface area contributed by atoms with Gasteiger partial charge in [-0.1, -0.05) is 25.1 Å². The van der Waals surface area contributed by atoms with Crippen LogP contribution < -0.4 is 5.32 Å². The third kappa shape index (κ3) is 3.42. The molecule has 0 fully saturated rings. The van der Waals surface area contributed by atoms with Gasteiger partial charge in [0.2, 0.25) is 0 Å². The maximum absolute atomic E-state index is 5.90. The van der Waals surface area contributed by atoms with E-state index in [1.807, 2.05) is 12.1 Å². The molecule has 4 heteroatoms. The number of furan rings is 1. The fourth-order valence-corrected chi connectivity index (χ4v) is 2.90. The fraction of sp³-hybridized carbons (Fsp3) is 0.375. The Hall–Kier alpha value is -0.850. The van der Waals surface area contributed by atoms with Gasteiger partial charge in [0.1, 0.15) is 18.1 Å². The molecule has 3 nitrogen and oxygen atoms in total. The summed E-state index contributed by atoms with van der Waals surface area (Å²) in [6.45, 7) is 5.63. The molecule has 1 heterocycles. The van der Waals surface area contributed by atoms with E-state index in [1.54, 1.807) is 7.11 Å². The first-order valence-corrected chi connectivity index (χ1v) is 7.81. The molecular weight excluding hydrogens is 365 g/mol. The van der Waals surface area contributed by atoms with Crippen LogP contribution in [0.4, 0.5) is 0 Å². The molecule has 0 saturated carbocycles. The second-order valence-corrected chi connectivity index (χ2v) is 5.78. The minimum atomic E-state index is 0.0809. The lowest BCUT2D eigenvalue weighted by Gasteiger charge is -2.18. The molecule has 0 saturated heterocycles. The third-order valence-corrected chi connectivity index (χ3v) is 4.67. The highest BCUT2D eigenvalue weighted by molar-refractivity contribution is 14.1. The Morgan fingerprint density at radius 3 is 2.80 bits per heavy atom. The number of ether oxygens (including phenoxy) is 1. The zero-order valence-corrected chi connectivity index (χ0v) is 14.2. The van der Waals surface area contributed by atoms with E-state index in [2.05, 4.69) is 60.0 Å².